The topological polar surface area (TPSA) is 68.5 Å². The molecular weight excluding hydrogens is 310 g/mol. The van der Waals surface area contributed by atoms with E-state index in [1.165, 1.54) is 19.4 Å². The van der Waals surface area contributed by atoms with Gasteiger partial charge in [-0.25, -0.2) is 13.1 Å². The Balaban J connectivity index is 2.05. The minimum atomic E-state index is -3.57. The van der Waals surface area contributed by atoms with Crippen LogP contribution in [-0.2, 0) is 14.8 Å². The SMILES string of the molecule is CO[C@H](CNS(=O)(=O)c1ccc(Cl)s1)c1ccco1. The Morgan fingerprint density at radius 1 is 1.47 bits per heavy atom. The lowest BCUT2D eigenvalue weighted by atomic mass is 10.3. The number of halogens is 1. The van der Waals surface area contributed by atoms with Gasteiger partial charge in [-0.2, -0.15) is 0 Å². The Hall–Kier alpha value is -0.860. The van der Waals surface area contributed by atoms with Gasteiger partial charge < -0.3 is 9.15 Å². The average Bonchev–Trinajstić information content (AvgIpc) is 3.01. The number of thiophene rings is 1. The van der Waals surface area contributed by atoms with Crippen LogP contribution in [0.2, 0.25) is 4.34 Å². The summed E-state index contributed by atoms with van der Waals surface area (Å²) in [6.07, 6.45) is 1.04. The van der Waals surface area contributed by atoms with Crippen LogP contribution in [0.1, 0.15) is 11.9 Å². The zero-order chi connectivity index (χ0) is 13.9. The van der Waals surface area contributed by atoms with E-state index >= 15 is 0 Å². The van der Waals surface area contributed by atoms with Crippen molar-refractivity contribution in [3.05, 3.63) is 40.6 Å². The van der Waals surface area contributed by atoms with Crippen LogP contribution >= 0.6 is 22.9 Å². The van der Waals surface area contributed by atoms with E-state index < -0.39 is 16.1 Å². The number of hydrogen-bond acceptors (Lipinski definition) is 5. The average molecular weight is 322 g/mol. The Morgan fingerprint density at radius 2 is 2.26 bits per heavy atom. The molecule has 104 valence electrons. The number of furan rings is 1. The first-order valence-corrected chi connectivity index (χ1v) is 8.02. The van der Waals surface area contributed by atoms with Crippen molar-refractivity contribution < 1.29 is 17.6 Å². The summed E-state index contributed by atoms with van der Waals surface area (Å²) in [6, 6.07) is 6.45. The van der Waals surface area contributed by atoms with Crippen LogP contribution in [0.5, 0.6) is 0 Å². The molecule has 0 aliphatic heterocycles. The monoisotopic (exact) mass is 321 g/mol. The second-order valence-corrected chi connectivity index (χ2v) is 7.36. The van der Waals surface area contributed by atoms with Crippen molar-refractivity contribution in [1.29, 1.82) is 0 Å². The summed E-state index contributed by atoms with van der Waals surface area (Å²) >= 11 is 6.73. The molecule has 0 spiro atoms. The summed E-state index contributed by atoms with van der Waals surface area (Å²) in [4.78, 5) is 0. The van der Waals surface area contributed by atoms with E-state index in [0.717, 1.165) is 11.3 Å². The summed E-state index contributed by atoms with van der Waals surface area (Å²) in [5.74, 6) is 0.564. The Kier molecular flexibility index (Phi) is 4.64. The van der Waals surface area contributed by atoms with Gasteiger partial charge in [0.15, 0.2) is 0 Å². The third-order valence-corrected chi connectivity index (χ3v) is 5.56. The van der Waals surface area contributed by atoms with Crippen LogP contribution in [0.3, 0.4) is 0 Å². The van der Waals surface area contributed by atoms with Crippen molar-refractivity contribution in [2.75, 3.05) is 13.7 Å². The van der Waals surface area contributed by atoms with Gasteiger partial charge in [-0.15, -0.1) is 11.3 Å². The van der Waals surface area contributed by atoms with Crippen molar-refractivity contribution in [2.24, 2.45) is 0 Å². The predicted octanol–water partition coefficient (Wildman–Crippen LogP) is 2.66. The quantitative estimate of drug-likeness (QED) is 0.888. The first kappa shape index (κ1) is 14.5. The normalized spacial score (nSPS) is 13.6. The largest absolute Gasteiger partial charge is 0.467 e. The summed E-state index contributed by atoms with van der Waals surface area (Å²) in [7, 11) is -2.08. The van der Waals surface area contributed by atoms with E-state index in [4.69, 9.17) is 20.8 Å². The molecule has 2 heterocycles. The van der Waals surface area contributed by atoms with Crippen LogP contribution < -0.4 is 4.72 Å². The van der Waals surface area contributed by atoms with Crippen LogP contribution in [0.15, 0.2) is 39.2 Å². The van der Waals surface area contributed by atoms with Gasteiger partial charge in [0.05, 0.1) is 10.6 Å². The molecule has 5 nitrogen and oxygen atoms in total. The fourth-order valence-electron chi connectivity index (χ4n) is 1.47. The lowest BCUT2D eigenvalue weighted by Crippen LogP contribution is -2.28. The molecule has 2 aromatic rings. The van der Waals surface area contributed by atoms with E-state index in [0.29, 0.717) is 10.1 Å². The van der Waals surface area contributed by atoms with Gasteiger partial charge in [0.1, 0.15) is 16.1 Å². The molecule has 0 radical (unpaired) electrons. The molecule has 0 fully saturated rings. The van der Waals surface area contributed by atoms with E-state index in [-0.39, 0.29) is 10.8 Å². The third-order valence-electron chi connectivity index (χ3n) is 2.42. The van der Waals surface area contributed by atoms with Gasteiger partial charge >= 0.3 is 0 Å². The van der Waals surface area contributed by atoms with Crippen LogP contribution in [0, 0.1) is 0 Å². The fourth-order valence-corrected chi connectivity index (χ4v) is 4.03. The highest BCUT2D eigenvalue weighted by molar-refractivity contribution is 7.91. The van der Waals surface area contributed by atoms with E-state index in [2.05, 4.69) is 4.72 Å². The minimum absolute atomic E-state index is 0.0852. The van der Waals surface area contributed by atoms with Crippen molar-refractivity contribution in [1.82, 2.24) is 4.72 Å². The van der Waals surface area contributed by atoms with E-state index in [1.54, 1.807) is 18.2 Å². The number of hydrogen-bond donors (Lipinski definition) is 1. The predicted molar refractivity (Wildman–Crippen MR) is 73.0 cm³/mol. The molecule has 0 bridgehead atoms. The lowest BCUT2D eigenvalue weighted by molar-refractivity contribution is 0.0878. The Bertz CT molecular complexity index is 621. The second-order valence-electron chi connectivity index (χ2n) is 3.65. The molecule has 8 heteroatoms. The van der Waals surface area contributed by atoms with Crippen molar-refractivity contribution in [3.8, 4) is 0 Å². The molecule has 0 saturated heterocycles. The summed E-state index contributed by atoms with van der Waals surface area (Å²) in [5, 5.41) is 0. The van der Waals surface area contributed by atoms with Gasteiger partial charge in [-0.3, -0.25) is 0 Å². The van der Waals surface area contributed by atoms with Gasteiger partial charge in [0, 0.05) is 13.7 Å². The zero-order valence-electron chi connectivity index (χ0n) is 10.00. The highest BCUT2D eigenvalue weighted by Crippen LogP contribution is 2.25. The number of nitrogens with one attached hydrogen (secondary N) is 1. The molecule has 0 aliphatic carbocycles. The van der Waals surface area contributed by atoms with E-state index in [1.807, 2.05) is 0 Å². The highest BCUT2D eigenvalue weighted by Gasteiger charge is 2.20. The van der Waals surface area contributed by atoms with Gasteiger partial charge in [0.25, 0.3) is 0 Å². The van der Waals surface area contributed by atoms with Crippen molar-refractivity contribution in [3.63, 3.8) is 0 Å². The molecule has 1 N–H and O–H groups in total. The molecular formula is C11H12ClNO4S2. The zero-order valence-corrected chi connectivity index (χ0v) is 12.4. The van der Waals surface area contributed by atoms with Crippen molar-refractivity contribution >= 4 is 33.0 Å². The van der Waals surface area contributed by atoms with Gasteiger partial charge in [0.2, 0.25) is 10.0 Å². The molecule has 0 aliphatic rings. The van der Waals surface area contributed by atoms with Crippen LogP contribution in [-0.4, -0.2) is 22.1 Å². The Morgan fingerprint density at radius 3 is 2.79 bits per heavy atom. The molecule has 1 atom stereocenters. The summed E-state index contributed by atoms with van der Waals surface area (Å²) in [6.45, 7) is 0.0852. The summed E-state index contributed by atoms with van der Waals surface area (Å²) in [5.41, 5.74) is 0. The number of sulfonamides is 1. The lowest BCUT2D eigenvalue weighted by Gasteiger charge is -2.13. The second kappa shape index (κ2) is 6.06. The van der Waals surface area contributed by atoms with Crippen molar-refractivity contribution in [2.45, 2.75) is 10.3 Å². The van der Waals surface area contributed by atoms with E-state index in [9.17, 15) is 8.42 Å². The molecule has 0 unspecified atom stereocenters. The third kappa shape index (κ3) is 3.58. The molecule has 2 rings (SSSR count). The number of methoxy groups -OCH3 is 1. The van der Waals surface area contributed by atoms with Gasteiger partial charge in [-0.1, -0.05) is 11.6 Å². The first-order chi connectivity index (χ1) is 9.03. The molecule has 0 aromatic carbocycles. The first-order valence-electron chi connectivity index (χ1n) is 5.34. The fraction of sp³-hybridized carbons (Fsp3) is 0.273. The molecule has 19 heavy (non-hydrogen) atoms. The Labute approximate surface area is 120 Å². The minimum Gasteiger partial charge on any atom is -0.467 e. The summed E-state index contributed by atoms with van der Waals surface area (Å²) < 4.78 is 37.4. The maximum absolute atomic E-state index is 12.0. The van der Waals surface area contributed by atoms with Crippen LogP contribution in [0.25, 0.3) is 0 Å². The standard InChI is InChI=1S/C11H12ClNO4S2/c1-16-9(8-3-2-6-17-8)7-13-19(14,15)11-5-4-10(12)18-11/h2-6,9,13H,7H2,1H3/t9-/m1/s1. The maximum Gasteiger partial charge on any atom is 0.250 e. The molecule has 0 saturated carbocycles. The molecule has 2 aromatic heterocycles. The number of rotatable bonds is 6. The molecule has 0 amide bonds. The number of ether oxygens (including phenoxy) is 1. The maximum atomic E-state index is 12.0. The smallest absolute Gasteiger partial charge is 0.250 e. The van der Waals surface area contributed by atoms with Gasteiger partial charge in [-0.05, 0) is 24.3 Å². The van der Waals surface area contributed by atoms with Crippen LogP contribution in [0.4, 0.5) is 0 Å². The highest BCUT2D eigenvalue weighted by atomic mass is 35.5.